The van der Waals surface area contributed by atoms with Crippen LogP contribution in [0.25, 0.3) is 0 Å². The third-order valence-corrected chi connectivity index (χ3v) is 9.64. The van der Waals surface area contributed by atoms with Crippen LogP contribution >= 0.6 is 31.9 Å². The predicted molar refractivity (Wildman–Crippen MR) is 141 cm³/mol. The summed E-state index contributed by atoms with van der Waals surface area (Å²) in [5.41, 5.74) is 0.896. The molecule has 0 spiro atoms. The number of nitrogens with zero attached hydrogens (tertiary/aromatic N) is 4. The van der Waals surface area contributed by atoms with Crippen molar-refractivity contribution in [3.05, 3.63) is 33.5 Å². The molecule has 2 N–H and O–H groups in total. The molecule has 186 valence electrons. The van der Waals surface area contributed by atoms with E-state index in [0.717, 1.165) is 12.8 Å². The van der Waals surface area contributed by atoms with E-state index in [2.05, 4.69) is 52.5 Å². The van der Waals surface area contributed by atoms with Gasteiger partial charge >= 0.3 is 0 Å². The molecule has 4 rings (SSSR count). The lowest BCUT2D eigenvalue weighted by Gasteiger charge is -2.28. The van der Waals surface area contributed by atoms with Crippen molar-refractivity contribution in [3.63, 3.8) is 0 Å². The Morgan fingerprint density at radius 1 is 1.12 bits per heavy atom. The molecule has 1 saturated heterocycles. The molecule has 1 saturated carbocycles. The zero-order chi connectivity index (χ0) is 24.7. The third kappa shape index (κ3) is 5.60. The molecule has 1 aliphatic heterocycles. The molecule has 10 nitrogen and oxygen atoms in total. The van der Waals surface area contributed by atoms with E-state index in [4.69, 9.17) is 0 Å². The van der Waals surface area contributed by atoms with Gasteiger partial charge in [0.15, 0.2) is 5.82 Å². The Morgan fingerprint density at radius 3 is 2.38 bits per heavy atom. The van der Waals surface area contributed by atoms with Crippen LogP contribution in [0.5, 0.6) is 0 Å². The highest BCUT2D eigenvalue weighted by Gasteiger charge is 2.39. The molecule has 0 bridgehead atoms. The highest BCUT2D eigenvalue weighted by molar-refractivity contribution is 9.10. The van der Waals surface area contributed by atoms with E-state index in [1.54, 1.807) is 31.6 Å². The average molecular weight is 638 g/mol. The molecule has 3 heterocycles. The fraction of sp³-hybridized carbons (Fsp3) is 0.500. The first kappa shape index (κ1) is 25.5. The molecule has 0 aromatic carbocycles. The molecular formula is C20H26Br2N6O4S2. The maximum atomic E-state index is 13.0. The number of pyridine rings is 2. The first-order valence-electron chi connectivity index (χ1n) is 10.7. The van der Waals surface area contributed by atoms with Crippen LogP contribution in [0.3, 0.4) is 0 Å². The number of anilines is 4. The minimum atomic E-state index is -3.55. The van der Waals surface area contributed by atoms with Gasteiger partial charge in [0.1, 0.15) is 5.82 Å². The Balaban J connectivity index is 1.64. The van der Waals surface area contributed by atoms with Gasteiger partial charge in [-0.2, -0.15) is 0 Å². The summed E-state index contributed by atoms with van der Waals surface area (Å²) in [6.07, 6.45) is 6.78. The zero-order valence-corrected chi connectivity index (χ0v) is 23.5. The molecule has 1 unspecified atom stereocenters. The summed E-state index contributed by atoms with van der Waals surface area (Å²) >= 11 is 6.77. The van der Waals surface area contributed by atoms with E-state index in [0.29, 0.717) is 50.8 Å². The van der Waals surface area contributed by atoms with Gasteiger partial charge in [0.2, 0.25) is 20.0 Å². The van der Waals surface area contributed by atoms with Gasteiger partial charge in [-0.25, -0.2) is 26.8 Å². The second kappa shape index (κ2) is 9.78. The smallest absolute Gasteiger partial charge is 0.235 e. The molecule has 0 radical (unpaired) electrons. The molecule has 2 fully saturated rings. The Hall–Kier alpha value is -1.64. The molecule has 34 heavy (non-hydrogen) atoms. The van der Waals surface area contributed by atoms with E-state index in [9.17, 15) is 16.8 Å². The minimum Gasteiger partial charge on any atom is -0.371 e. The van der Waals surface area contributed by atoms with Crippen LogP contribution in [-0.4, -0.2) is 65.0 Å². The monoisotopic (exact) mass is 636 g/mol. The maximum absolute atomic E-state index is 13.0. The van der Waals surface area contributed by atoms with Gasteiger partial charge in [0, 0.05) is 41.5 Å². The van der Waals surface area contributed by atoms with Crippen LogP contribution in [0.2, 0.25) is 0 Å². The molecule has 2 aromatic rings. The van der Waals surface area contributed by atoms with Crippen LogP contribution in [0.15, 0.2) is 33.5 Å². The summed E-state index contributed by atoms with van der Waals surface area (Å²) in [6.45, 7) is 0.641. The minimum absolute atomic E-state index is 0.00673. The second-order valence-electron chi connectivity index (χ2n) is 8.47. The lowest BCUT2D eigenvalue weighted by Crippen LogP contribution is -2.39. The van der Waals surface area contributed by atoms with Gasteiger partial charge in [-0.15, -0.1) is 0 Å². The van der Waals surface area contributed by atoms with Gasteiger partial charge in [-0.3, -0.25) is 8.61 Å². The van der Waals surface area contributed by atoms with Crippen LogP contribution in [0.1, 0.15) is 19.3 Å². The quantitative estimate of drug-likeness (QED) is 0.429. The van der Waals surface area contributed by atoms with Crippen LogP contribution in [-0.2, 0) is 20.0 Å². The van der Waals surface area contributed by atoms with E-state index in [1.807, 2.05) is 0 Å². The van der Waals surface area contributed by atoms with Crippen LogP contribution < -0.4 is 19.2 Å². The molecule has 2 aromatic heterocycles. The van der Waals surface area contributed by atoms with Gasteiger partial charge < -0.3 is 10.6 Å². The number of halogens is 2. The van der Waals surface area contributed by atoms with Crippen molar-refractivity contribution in [1.29, 1.82) is 0 Å². The summed E-state index contributed by atoms with van der Waals surface area (Å²) in [6, 6.07) is 3.04. The van der Waals surface area contributed by atoms with Gasteiger partial charge in [0.25, 0.3) is 0 Å². The number of nitrogens with one attached hydrogen (secondary N) is 2. The maximum Gasteiger partial charge on any atom is 0.235 e. The van der Waals surface area contributed by atoms with Crippen molar-refractivity contribution in [3.8, 4) is 0 Å². The Bertz CT molecular complexity index is 1290. The molecule has 14 heteroatoms. The highest BCUT2D eigenvalue weighted by Crippen LogP contribution is 2.38. The standard InChI is InChI=1S/C20H26Br2N6O4S2/c1-23-19-18(8-15(22)9-24-19)28-16(5-6-34(28,31)32)11-26-20-17(7-14(21)10-25-20)27(33(2,29)30)12-13-3-4-13/h7-10,13,16H,3-6,11-12H2,1-2H3,(H,23,24)(H,25,26). The second-order valence-corrected chi connectivity index (χ2v) is 14.2. The summed E-state index contributed by atoms with van der Waals surface area (Å²) in [5.74, 6) is 1.18. The van der Waals surface area contributed by atoms with Crippen molar-refractivity contribution in [2.75, 3.05) is 51.4 Å². The molecular weight excluding hydrogens is 612 g/mol. The van der Waals surface area contributed by atoms with Crippen molar-refractivity contribution >= 4 is 74.9 Å². The van der Waals surface area contributed by atoms with Crippen molar-refractivity contribution < 1.29 is 16.8 Å². The Kier molecular flexibility index (Phi) is 7.32. The van der Waals surface area contributed by atoms with Gasteiger partial charge in [-0.1, -0.05) is 0 Å². The fourth-order valence-electron chi connectivity index (χ4n) is 3.97. The van der Waals surface area contributed by atoms with Crippen molar-refractivity contribution in [1.82, 2.24) is 9.97 Å². The average Bonchev–Trinajstić information content (AvgIpc) is 3.53. The first-order chi connectivity index (χ1) is 16.0. The third-order valence-electron chi connectivity index (χ3n) is 5.78. The Labute approximate surface area is 216 Å². The van der Waals surface area contributed by atoms with Gasteiger partial charge in [-0.05, 0) is 69.2 Å². The van der Waals surface area contributed by atoms with Crippen LogP contribution in [0, 0.1) is 5.92 Å². The summed E-state index contributed by atoms with van der Waals surface area (Å²) in [7, 11) is -5.39. The SMILES string of the molecule is CNc1ncc(Br)cc1N1C(CNc2ncc(Br)cc2N(CC2CC2)S(C)(=O)=O)CCS1(=O)=O. The number of rotatable bonds is 9. The first-order valence-corrected chi connectivity index (χ1v) is 15.8. The molecule has 1 atom stereocenters. The number of sulfonamides is 2. The molecule has 0 amide bonds. The number of aromatic nitrogens is 2. The van der Waals surface area contributed by atoms with Gasteiger partial charge in [0.05, 0.1) is 29.4 Å². The fourth-order valence-corrected chi connectivity index (χ4v) is 7.42. The predicted octanol–water partition coefficient (Wildman–Crippen LogP) is 3.24. The van der Waals surface area contributed by atoms with Crippen LogP contribution in [0.4, 0.5) is 23.0 Å². The van der Waals surface area contributed by atoms with E-state index < -0.39 is 26.1 Å². The van der Waals surface area contributed by atoms with E-state index in [1.165, 1.54) is 14.9 Å². The lowest BCUT2D eigenvalue weighted by atomic mass is 10.2. The summed E-state index contributed by atoms with van der Waals surface area (Å²) in [4.78, 5) is 8.71. The lowest BCUT2D eigenvalue weighted by molar-refractivity contribution is 0.593. The largest absolute Gasteiger partial charge is 0.371 e. The molecule has 2 aliphatic rings. The Morgan fingerprint density at radius 2 is 1.76 bits per heavy atom. The highest BCUT2D eigenvalue weighted by atomic mass is 79.9. The number of hydrogen-bond acceptors (Lipinski definition) is 8. The van der Waals surface area contributed by atoms with E-state index >= 15 is 0 Å². The number of hydrogen-bond donors (Lipinski definition) is 2. The summed E-state index contributed by atoms with van der Waals surface area (Å²) < 4.78 is 55.2. The topological polar surface area (TPSA) is 125 Å². The van der Waals surface area contributed by atoms with E-state index in [-0.39, 0.29) is 12.3 Å². The van der Waals surface area contributed by atoms with Crippen molar-refractivity contribution in [2.45, 2.75) is 25.3 Å². The molecule has 1 aliphatic carbocycles. The summed E-state index contributed by atoms with van der Waals surface area (Å²) in [5, 5.41) is 6.17. The zero-order valence-electron chi connectivity index (χ0n) is 18.7. The van der Waals surface area contributed by atoms with Crippen molar-refractivity contribution in [2.24, 2.45) is 5.92 Å². The normalized spacial score (nSPS) is 19.8.